The fraction of sp³-hybridized carbons (Fsp3) is 0.667. The summed E-state index contributed by atoms with van der Waals surface area (Å²) in [5, 5.41) is 11.7. The van der Waals surface area contributed by atoms with Crippen LogP contribution in [0.1, 0.15) is 79.7 Å². The first-order valence-corrected chi connectivity index (χ1v) is 20.0. The van der Waals surface area contributed by atoms with Gasteiger partial charge in [0, 0.05) is 56.6 Å². The predicted octanol–water partition coefficient (Wildman–Crippen LogP) is 5.33. The average Bonchev–Trinajstić information content (AvgIpc) is 3.80. The molecule has 0 saturated carbocycles. The summed E-state index contributed by atoms with van der Waals surface area (Å²) in [4.78, 5) is 63.7. The molecule has 0 aliphatic carbocycles. The summed E-state index contributed by atoms with van der Waals surface area (Å²) in [6, 6.07) is 6.40. The quantitative estimate of drug-likeness (QED) is 0.181. The fourth-order valence-corrected chi connectivity index (χ4v) is 8.72. The van der Waals surface area contributed by atoms with Gasteiger partial charge in [0.15, 0.2) is 0 Å². The highest BCUT2D eigenvalue weighted by molar-refractivity contribution is 5.90. The molecule has 2 N–H and O–H groups in total. The predicted molar refractivity (Wildman–Crippen MR) is 216 cm³/mol. The molecule has 3 heterocycles. The Hall–Kier alpha value is -4.10. The number of hydrogen-bond donors (Lipinski definition) is 2. The summed E-state index contributed by atoms with van der Waals surface area (Å²) < 4.78 is 12.4. The number of nitrogens with one attached hydrogen (secondary N) is 2. The third kappa shape index (κ3) is 10.0. The van der Waals surface area contributed by atoms with Gasteiger partial charge in [0.1, 0.15) is 12.1 Å². The lowest BCUT2D eigenvalue weighted by molar-refractivity contribution is -0.143. The minimum Gasteiger partial charge on any atom is -0.468 e. The van der Waals surface area contributed by atoms with Crippen LogP contribution in [0.15, 0.2) is 53.4 Å². The van der Waals surface area contributed by atoms with Crippen LogP contribution in [0.5, 0.6) is 0 Å². The Morgan fingerprint density at radius 3 is 2.40 bits per heavy atom. The van der Waals surface area contributed by atoms with Gasteiger partial charge >= 0.3 is 0 Å². The summed E-state index contributed by atoms with van der Waals surface area (Å²) >= 11 is 0. The van der Waals surface area contributed by atoms with Crippen molar-refractivity contribution in [1.82, 2.24) is 30.3 Å². The largest absolute Gasteiger partial charge is 0.468 e. The molecule has 8 atom stereocenters. The Bertz CT molecular complexity index is 1650. The number of fused-ring (bicyclic) bond motifs is 1. The number of carbonyl (C=O) groups excluding carboxylic acids is 3. The van der Waals surface area contributed by atoms with Crippen molar-refractivity contribution in [1.29, 1.82) is 0 Å². The van der Waals surface area contributed by atoms with Gasteiger partial charge in [-0.15, -0.1) is 4.91 Å². The van der Waals surface area contributed by atoms with E-state index in [-0.39, 0.29) is 53.4 Å². The van der Waals surface area contributed by atoms with E-state index in [0.29, 0.717) is 31.6 Å². The monoisotopic (exact) mass is 763 g/mol. The lowest BCUT2D eigenvalue weighted by Gasteiger charge is -2.39. The Morgan fingerprint density at radius 1 is 1.05 bits per heavy atom. The van der Waals surface area contributed by atoms with Gasteiger partial charge in [0.05, 0.1) is 35.8 Å². The molecule has 2 aliphatic heterocycles. The smallest absolute Gasteiger partial charge is 0.275 e. The van der Waals surface area contributed by atoms with E-state index in [1.54, 1.807) is 25.3 Å². The van der Waals surface area contributed by atoms with Crippen molar-refractivity contribution >= 4 is 28.5 Å². The fourth-order valence-electron chi connectivity index (χ4n) is 8.72. The van der Waals surface area contributed by atoms with E-state index >= 15 is 0 Å². The number of nitrogens with zero attached hydrogens (tertiary/aromatic N) is 5. The average molecular weight is 764 g/mol. The highest BCUT2D eigenvalue weighted by Gasteiger charge is 2.46. The Morgan fingerprint density at radius 2 is 1.78 bits per heavy atom. The molecule has 1 aromatic carbocycles. The van der Waals surface area contributed by atoms with E-state index in [2.05, 4.69) is 51.7 Å². The molecule has 304 valence electrons. The first kappa shape index (κ1) is 43.6. The minimum atomic E-state index is -0.746. The van der Waals surface area contributed by atoms with E-state index < -0.39 is 30.2 Å². The number of amides is 3. The minimum absolute atomic E-state index is 0.00913. The van der Waals surface area contributed by atoms with Crippen LogP contribution >= 0.6 is 0 Å². The molecule has 1 fully saturated rings. The van der Waals surface area contributed by atoms with Gasteiger partial charge < -0.3 is 29.9 Å². The summed E-state index contributed by atoms with van der Waals surface area (Å²) in [6.07, 6.45) is 6.07. The molecule has 3 amide bonds. The van der Waals surface area contributed by atoms with E-state index in [4.69, 9.17) is 9.47 Å². The molecular formula is C42H65N7O6. The van der Waals surface area contributed by atoms with Crippen LogP contribution in [0.3, 0.4) is 0 Å². The second kappa shape index (κ2) is 19.7. The third-order valence-corrected chi connectivity index (χ3v) is 11.7. The Balaban J connectivity index is 1.48. The number of likely N-dealkylation sites (tertiary alicyclic amines) is 1. The van der Waals surface area contributed by atoms with Gasteiger partial charge in [-0.2, -0.15) is 0 Å². The van der Waals surface area contributed by atoms with E-state index in [1.165, 1.54) is 0 Å². The zero-order chi connectivity index (χ0) is 40.6. The maximum absolute atomic E-state index is 14.3. The van der Waals surface area contributed by atoms with Gasteiger partial charge in [-0.05, 0) is 68.1 Å². The summed E-state index contributed by atoms with van der Waals surface area (Å²) in [5.74, 6) is -1.06. The van der Waals surface area contributed by atoms with Crippen molar-refractivity contribution in [2.24, 2.45) is 28.8 Å². The van der Waals surface area contributed by atoms with Crippen molar-refractivity contribution in [2.45, 2.75) is 117 Å². The molecule has 4 rings (SSSR count). The zero-order valence-electron chi connectivity index (χ0n) is 34.9. The molecule has 1 saturated heterocycles. The van der Waals surface area contributed by atoms with E-state index in [1.807, 2.05) is 71.9 Å². The molecule has 13 heteroatoms. The number of likely N-dealkylation sites (N-methyl/N-ethyl adjacent to an activating group) is 2. The van der Waals surface area contributed by atoms with Crippen LogP contribution in [0, 0.1) is 28.6 Å². The first-order chi connectivity index (χ1) is 26.2. The molecular weight excluding hydrogens is 699 g/mol. The molecule has 0 radical (unpaired) electrons. The van der Waals surface area contributed by atoms with E-state index in [9.17, 15) is 19.3 Å². The molecule has 13 nitrogen and oxygen atoms in total. The summed E-state index contributed by atoms with van der Waals surface area (Å²) in [5.41, 5.74) is 1.80. The highest BCUT2D eigenvalue weighted by Crippen LogP contribution is 2.39. The van der Waals surface area contributed by atoms with Crippen molar-refractivity contribution in [3.8, 4) is 0 Å². The number of rotatable bonds is 19. The maximum atomic E-state index is 14.3. The van der Waals surface area contributed by atoms with Gasteiger partial charge in [0.2, 0.25) is 17.7 Å². The number of hydrogen-bond acceptors (Lipinski definition) is 10. The maximum Gasteiger partial charge on any atom is 0.275 e. The lowest BCUT2D eigenvalue weighted by atomic mass is 9.89. The van der Waals surface area contributed by atoms with Crippen molar-refractivity contribution in [3.63, 3.8) is 0 Å². The number of methoxy groups -OCH3 is 1. The van der Waals surface area contributed by atoms with Gasteiger partial charge in [-0.25, -0.2) is 0 Å². The zero-order valence-corrected chi connectivity index (χ0v) is 34.9. The molecule has 1 unspecified atom stereocenters. The molecule has 0 bridgehead atoms. The first-order valence-electron chi connectivity index (χ1n) is 20.0. The Labute approximate surface area is 327 Å². The number of benzene rings is 1. The van der Waals surface area contributed by atoms with E-state index in [0.717, 1.165) is 35.6 Å². The van der Waals surface area contributed by atoms with Crippen molar-refractivity contribution in [2.75, 3.05) is 41.3 Å². The van der Waals surface area contributed by atoms with Gasteiger partial charge in [-0.3, -0.25) is 24.3 Å². The van der Waals surface area contributed by atoms with Crippen LogP contribution in [0.25, 0.3) is 10.8 Å². The molecule has 2 aliphatic rings. The van der Waals surface area contributed by atoms with Crippen LogP contribution in [0.2, 0.25) is 0 Å². The number of nitroso groups, excluding NO2 is 1. The van der Waals surface area contributed by atoms with Crippen LogP contribution in [0.4, 0.5) is 0 Å². The van der Waals surface area contributed by atoms with Crippen LogP contribution in [-0.4, -0.2) is 115 Å². The number of aromatic nitrogens is 1. The van der Waals surface area contributed by atoms with Crippen LogP contribution in [-0.2, 0) is 30.3 Å². The topological polar surface area (TPSA) is 146 Å². The van der Waals surface area contributed by atoms with Crippen LogP contribution < -0.4 is 10.6 Å². The molecule has 0 spiro atoms. The number of pyridine rings is 1. The molecule has 2 aromatic rings. The lowest BCUT2D eigenvalue weighted by Crippen LogP contribution is -2.59. The normalized spacial score (nSPS) is 20.7. The molecule has 1 aromatic heterocycles. The van der Waals surface area contributed by atoms with Crippen molar-refractivity contribution in [3.05, 3.63) is 58.7 Å². The summed E-state index contributed by atoms with van der Waals surface area (Å²) in [7, 11) is 7.12. The highest BCUT2D eigenvalue weighted by atomic mass is 16.5. The SMILES string of the molecule is CC[C@H](C)C([C@H]1CC(N2CCC[C@H]2[C@H](OC)[C@@H](C)C(=O)NCCc2cccc3ccncc23)=C(N=O)O1)N(C)C(=O)[C@@H](NC(=O)[C@H](C(C)C)N(C)C)C(C)C. The van der Waals surface area contributed by atoms with Gasteiger partial charge in [0.25, 0.3) is 5.88 Å². The van der Waals surface area contributed by atoms with Crippen molar-refractivity contribution < 1.29 is 23.9 Å². The second-order valence-corrected chi connectivity index (χ2v) is 16.4. The number of ether oxygens (including phenoxy) is 2. The molecule has 55 heavy (non-hydrogen) atoms. The summed E-state index contributed by atoms with van der Waals surface area (Å²) in [6.45, 7) is 15.0. The standard InChI is InChI=1S/C42H65N7O6/c1-12-27(6)37(48(10)42(52)35(25(2)3)45-40(51)36(26(4)5)47(8)9)34-23-33(41(46-53)55-34)49-22-14-17-32(49)38(54-11)28(7)39(50)44-21-19-30-16-13-15-29-18-20-43-24-31(29)30/h13,15-16,18,20,24-28,32,34-38H,12,14,17,19,21-23H2,1-11H3,(H,44,50)(H,45,51)/t27-,28+,32-,34+,35-,36-,37?,38+/m0/s1. The Kier molecular flexibility index (Phi) is 15.6. The van der Waals surface area contributed by atoms with Gasteiger partial charge in [-0.1, -0.05) is 73.1 Å². The third-order valence-electron chi connectivity index (χ3n) is 11.7. The second-order valence-electron chi connectivity index (χ2n) is 16.4. The number of carbonyl (C=O) groups is 3.